The molecule has 2 heterocycles. The summed E-state index contributed by atoms with van der Waals surface area (Å²) in [6.45, 7) is 5.64. The zero-order chi connectivity index (χ0) is 21.3. The number of thioether (sulfide) groups is 1. The summed E-state index contributed by atoms with van der Waals surface area (Å²) >= 11 is 1.44. The minimum atomic E-state index is -0.331. The monoisotopic (exact) mass is 421 g/mol. The van der Waals surface area contributed by atoms with Crippen molar-refractivity contribution in [3.8, 4) is 0 Å². The molecule has 4 aromatic rings. The lowest BCUT2D eigenvalue weighted by Gasteiger charge is -2.11. The van der Waals surface area contributed by atoms with Gasteiger partial charge in [0.25, 0.3) is 11.7 Å². The first-order chi connectivity index (χ1) is 14.4. The van der Waals surface area contributed by atoms with Crippen molar-refractivity contribution >= 4 is 29.1 Å². The van der Waals surface area contributed by atoms with Gasteiger partial charge in [0.15, 0.2) is 0 Å². The molecule has 1 amide bonds. The fraction of sp³-hybridized carbons (Fsp3) is 0.182. The molecule has 2 aromatic carbocycles. The summed E-state index contributed by atoms with van der Waals surface area (Å²) in [6.07, 6.45) is 0. The topological polar surface area (TPSA) is 72.2 Å². The highest BCUT2D eigenvalue weighted by molar-refractivity contribution is 7.98. The van der Waals surface area contributed by atoms with Crippen molar-refractivity contribution in [2.75, 3.05) is 5.32 Å². The van der Waals surface area contributed by atoms with Gasteiger partial charge in [-0.25, -0.2) is 13.9 Å². The average Bonchev–Trinajstić information content (AvgIpc) is 3.12. The van der Waals surface area contributed by atoms with Gasteiger partial charge in [-0.1, -0.05) is 30.0 Å². The first-order valence-electron chi connectivity index (χ1n) is 9.40. The molecule has 0 bridgehead atoms. The molecule has 0 aliphatic heterocycles. The van der Waals surface area contributed by atoms with E-state index in [9.17, 15) is 9.18 Å². The molecular formula is C22H20FN5OS. The van der Waals surface area contributed by atoms with Crippen molar-refractivity contribution in [3.63, 3.8) is 0 Å². The number of hydrogen-bond acceptors (Lipinski definition) is 5. The first kappa shape index (κ1) is 20.0. The molecule has 0 radical (unpaired) electrons. The van der Waals surface area contributed by atoms with Crippen molar-refractivity contribution in [1.82, 2.24) is 19.6 Å². The molecule has 2 aromatic heterocycles. The van der Waals surface area contributed by atoms with E-state index in [-0.39, 0.29) is 11.7 Å². The molecule has 0 atom stereocenters. The summed E-state index contributed by atoms with van der Waals surface area (Å²) in [5.41, 5.74) is 4.53. The molecule has 0 aliphatic carbocycles. The zero-order valence-electron chi connectivity index (χ0n) is 16.8. The van der Waals surface area contributed by atoms with Crippen LogP contribution in [0, 0.1) is 26.6 Å². The molecule has 152 valence electrons. The third kappa shape index (κ3) is 4.18. The van der Waals surface area contributed by atoms with Crippen LogP contribution in [-0.2, 0) is 5.75 Å². The van der Waals surface area contributed by atoms with E-state index in [4.69, 9.17) is 0 Å². The fourth-order valence-electron chi connectivity index (χ4n) is 3.18. The number of carbonyl (C=O) groups excluding carboxylic acids is 1. The Morgan fingerprint density at radius 1 is 1.10 bits per heavy atom. The number of benzene rings is 2. The second-order valence-corrected chi connectivity index (χ2v) is 7.95. The van der Waals surface area contributed by atoms with Crippen LogP contribution >= 0.6 is 11.8 Å². The number of hydrogen-bond donors (Lipinski definition) is 1. The van der Waals surface area contributed by atoms with E-state index in [0.717, 1.165) is 17.0 Å². The molecule has 0 saturated heterocycles. The van der Waals surface area contributed by atoms with E-state index < -0.39 is 0 Å². The number of halogens is 1. The number of nitrogens with zero attached hydrogens (tertiary/aromatic N) is 4. The zero-order valence-corrected chi connectivity index (χ0v) is 17.6. The van der Waals surface area contributed by atoms with Crippen LogP contribution in [0.1, 0.15) is 32.9 Å². The maximum absolute atomic E-state index is 13.3. The number of aromatic nitrogens is 4. The summed E-state index contributed by atoms with van der Waals surface area (Å²) in [4.78, 5) is 21.7. The van der Waals surface area contributed by atoms with Crippen LogP contribution in [-0.4, -0.2) is 25.5 Å². The Balaban J connectivity index is 1.53. The van der Waals surface area contributed by atoms with Crippen molar-refractivity contribution in [2.45, 2.75) is 31.7 Å². The molecule has 0 saturated carbocycles. The second kappa shape index (κ2) is 8.23. The van der Waals surface area contributed by atoms with E-state index >= 15 is 0 Å². The minimum absolute atomic E-state index is 0.239. The van der Waals surface area contributed by atoms with Gasteiger partial charge in [-0.3, -0.25) is 4.79 Å². The lowest BCUT2D eigenvalue weighted by molar-refractivity contribution is 0.102. The van der Waals surface area contributed by atoms with E-state index in [1.54, 1.807) is 23.6 Å². The van der Waals surface area contributed by atoms with Gasteiger partial charge in [-0.05, 0) is 62.2 Å². The smallest absolute Gasteiger partial charge is 0.255 e. The molecule has 0 aliphatic rings. The predicted octanol–water partition coefficient (Wildman–Crippen LogP) is 4.73. The van der Waals surface area contributed by atoms with Crippen molar-refractivity contribution in [1.29, 1.82) is 0 Å². The second-order valence-electron chi connectivity index (χ2n) is 7.00. The third-order valence-corrected chi connectivity index (χ3v) is 5.54. The van der Waals surface area contributed by atoms with Gasteiger partial charge in [0, 0.05) is 28.4 Å². The molecule has 4 rings (SSSR count). The van der Waals surface area contributed by atoms with Crippen molar-refractivity contribution in [3.05, 3.63) is 82.4 Å². The van der Waals surface area contributed by atoms with Gasteiger partial charge in [-0.15, -0.1) is 5.10 Å². The number of fused-ring (bicyclic) bond motifs is 1. The van der Waals surface area contributed by atoms with Gasteiger partial charge in [-0.2, -0.15) is 4.98 Å². The average molecular weight is 422 g/mol. The standard InChI is InChI=1S/C22H20FN5OS/c1-13-10-17(23)8-9-19(13)25-20(29)18-7-5-4-6-16(18)12-30-22-26-21-24-14(2)11-15(3)28(21)27-22/h4-11H,12H2,1-3H3,(H,25,29). The fourth-order valence-corrected chi connectivity index (χ4v) is 4.00. The summed E-state index contributed by atoms with van der Waals surface area (Å²) in [5, 5.41) is 7.97. The van der Waals surface area contributed by atoms with Crippen molar-refractivity contribution in [2.24, 2.45) is 0 Å². The Bertz CT molecular complexity index is 1250. The maximum Gasteiger partial charge on any atom is 0.255 e. The van der Waals surface area contributed by atoms with Gasteiger partial charge < -0.3 is 5.32 Å². The predicted molar refractivity (Wildman–Crippen MR) is 115 cm³/mol. The van der Waals surface area contributed by atoms with E-state index in [2.05, 4.69) is 20.4 Å². The molecule has 0 unspecified atom stereocenters. The minimum Gasteiger partial charge on any atom is -0.322 e. The summed E-state index contributed by atoms with van der Waals surface area (Å²) in [6, 6.07) is 13.6. The molecule has 6 nitrogen and oxygen atoms in total. The highest BCUT2D eigenvalue weighted by Gasteiger charge is 2.14. The van der Waals surface area contributed by atoms with Crippen LogP contribution < -0.4 is 5.32 Å². The first-order valence-corrected chi connectivity index (χ1v) is 10.4. The summed E-state index contributed by atoms with van der Waals surface area (Å²) in [7, 11) is 0. The van der Waals surface area contributed by atoms with Crippen molar-refractivity contribution < 1.29 is 9.18 Å². The molecule has 30 heavy (non-hydrogen) atoms. The number of carbonyl (C=O) groups is 1. The molecular weight excluding hydrogens is 401 g/mol. The molecule has 8 heteroatoms. The summed E-state index contributed by atoms with van der Waals surface area (Å²) < 4.78 is 15.0. The van der Waals surface area contributed by atoms with Crippen LogP contribution in [0.2, 0.25) is 0 Å². The highest BCUT2D eigenvalue weighted by atomic mass is 32.2. The lowest BCUT2D eigenvalue weighted by Crippen LogP contribution is -2.14. The van der Waals surface area contributed by atoms with Crippen LogP contribution in [0.3, 0.4) is 0 Å². The Labute approximate surface area is 177 Å². The number of anilines is 1. The lowest BCUT2D eigenvalue weighted by atomic mass is 10.1. The Hall–Kier alpha value is -3.26. The molecule has 1 N–H and O–H groups in total. The van der Waals surface area contributed by atoms with Crippen LogP contribution in [0.15, 0.2) is 53.7 Å². The molecule has 0 fully saturated rings. The number of rotatable bonds is 5. The van der Waals surface area contributed by atoms with E-state index in [0.29, 0.717) is 33.5 Å². The Kier molecular flexibility index (Phi) is 5.50. The van der Waals surface area contributed by atoms with Crippen LogP contribution in [0.4, 0.5) is 10.1 Å². The molecule has 0 spiro atoms. The third-order valence-electron chi connectivity index (χ3n) is 4.65. The van der Waals surface area contributed by atoms with Gasteiger partial charge in [0.2, 0.25) is 5.16 Å². The number of amides is 1. The summed E-state index contributed by atoms with van der Waals surface area (Å²) in [5.74, 6) is 0.521. The SMILES string of the molecule is Cc1cc(C)n2nc(SCc3ccccc3C(=O)Nc3ccc(F)cc3C)nc2n1. The van der Waals surface area contributed by atoms with Gasteiger partial charge in [0.05, 0.1) is 0 Å². The van der Waals surface area contributed by atoms with Gasteiger partial charge in [0.1, 0.15) is 5.82 Å². The normalized spacial score (nSPS) is 11.1. The quantitative estimate of drug-likeness (QED) is 0.472. The number of aryl methyl sites for hydroxylation is 3. The Morgan fingerprint density at radius 2 is 1.90 bits per heavy atom. The van der Waals surface area contributed by atoms with Gasteiger partial charge >= 0.3 is 0 Å². The van der Waals surface area contributed by atoms with Crippen LogP contribution in [0.5, 0.6) is 0 Å². The highest BCUT2D eigenvalue weighted by Crippen LogP contribution is 2.24. The number of nitrogens with one attached hydrogen (secondary N) is 1. The van der Waals surface area contributed by atoms with E-state index in [1.165, 1.54) is 23.9 Å². The van der Waals surface area contributed by atoms with E-state index in [1.807, 2.05) is 38.1 Å². The largest absolute Gasteiger partial charge is 0.322 e. The Morgan fingerprint density at radius 3 is 2.70 bits per heavy atom. The maximum atomic E-state index is 13.3. The van der Waals surface area contributed by atoms with Crippen LogP contribution in [0.25, 0.3) is 5.78 Å².